The van der Waals surface area contributed by atoms with E-state index in [-0.39, 0.29) is 0 Å². The predicted molar refractivity (Wildman–Crippen MR) is 196 cm³/mol. The topological polar surface area (TPSA) is 52.0 Å². The largest absolute Gasteiger partial charge is 0.397 e. The number of nitrogens with zero attached hydrogens (tertiary/aromatic N) is 4. The lowest BCUT2D eigenvalue weighted by Crippen LogP contribution is -2.17. The summed E-state index contributed by atoms with van der Waals surface area (Å²) in [7, 11) is 0. The number of nitrogens with two attached hydrogens (primary N) is 1. The quantitative estimate of drug-likeness (QED) is 0.192. The highest BCUT2D eigenvalue weighted by molar-refractivity contribution is 6.23. The molecule has 0 unspecified atom stereocenters. The minimum atomic E-state index is 0.680. The second-order valence-corrected chi connectivity index (χ2v) is 11.9. The van der Waals surface area contributed by atoms with E-state index in [1.165, 1.54) is 27.4 Å². The van der Waals surface area contributed by atoms with E-state index in [1.54, 1.807) is 0 Å². The van der Waals surface area contributed by atoms with Gasteiger partial charge in [-0.25, -0.2) is 0 Å². The number of benzene rings is 6. The van der Waals surface area contributed by atoms with Crippen LogP contribution in [0.4, 0.5) is 17.1 Å². The molecule has 0 fully saturated rings. The molecule has 0 aliphatic carbocycles. The standard InChI is InChI=1S/C42H31N5/c43-36-17-8-10-19-38(36)45(30-12-3-1-4-13-30)28-29-21-23-32(24-22-29)47-39-20-11-27-44-40(39)35-26-25-34-33-16-7-9-18-37(33)46(41(34)42(35)47)31-14-5-2-6-15-31/h1-27H,28,43H2. The summed E-state index contributed by atoms with van der Waals surface area (Å²) in [4.78, 5) is 7.18. The maximum Gasteiger partial charge on any atom is 0.0964 e. The smallest absolute Gasteiger partial charge is 0.0964 e. The normalized spacial score (nSPS) is 11.6. The number of aromatic nitrogens is 3. The van der Waals surface area contributed by atoms with Crippen molar-refractivity contribution >= 4 is 60.8 Å². The molecule has 0 atom stereocenters. The number of anilines is 3. The molecule has 9 aromatic rings. The second-order valence-electron chi connectivity index (χ2n) is 11.9. The van der Waals surface area contributed by atoms with Crippen molar-refractivity contribution in [1.82, 2.24) is 14.1 Å². The molecule has 0 aliphatic heterocycles. The maximum atomic E-state index is 6.48. The van der Waals surface area contributed by atoms with Crippen molar-refractivity contribution in [1.29, 1.82) is 0 Å². The van der Waals surface area contributed by atoms with E-state index < -0.39 is 0 Å². The summed E-state index contributed by atoms with van der Waals surface area (Å²) in [6, 6.07) is 55.4. The molecular formula is C42H31N5. The van der Waals surface area contributed by atoms with Gasteiger partial charge >= 0.3 is 0 Å². The van der Waals surface area contributed by atoms with E-state index in [9.17, 15) is 0 Å². The lowest BCUT2D eigenvalue weighted by molar-refractivity contribution is 0.975. The van der Waals surface area contributed by atoms with Crippen molar-refractivity contribution in [3.05, 3.63) is 169 Å². The first kappa shape index (κ1) is 27.0. The van der Waals surface area contributed by atoms with Crippen molar-refractivity contribution in [3.8, 4) is 11.4 Å². The van der Waals surface area contributed by atoms with Crippen LogP contribution in [-0.4, -0.2) is 14.1 Å². The third-order valence-electron chi connectivity index (χ3n) is 9.16. The zero-order valence-corrected chi connectivity index (χ0v) is 25.7. The number of pyridine rings is 1. The van der Waals surface area contributed by atoms with Crippen molar-refractivity contribution in [2.75, 3.05) is 10.6 Å². The van der Waals surface area contributed by atoms with E-state index in [4.69, 9.17) is 10.7 Å². The SMILES string of the molecule is Nc1ccccc1N(Cc1ccc(-n2c3cccnc3c3ccc4c5ccccc5n(-c5ccccc5)c4c32)cc1)c1ccccc1. The Labute approximate surface area is 272 Å². The van der Waals surface area contributed by atoms with Crippen molar-refractivity contribution in [2.45, 2.75) is 6.54 Å². The fourth-order valence-corrected chi connectivity index (χ4v) is 7.07. The van der Waals surface area contributed by atoms with Crippen molar-refractivity contribution in [3.63, 3.8) is 0 Å². The Hall–Kier alpha value is -6.33. The Balaban J connectivity index is 1.25. The summed E-state index contributed by atoms with van der Waals surface area (Å²) in [6.07, 6.45) is 1.89. The Morgan fingerprint density at radius 2 is 1.13 bits per heavy atom. The Morgan fingerprint density at radius 3 is 1.94 bits per heavy atom. The van der Waals surface area contributed by atoms with Gasteiger partial charge in [0.05, 0.1) is 39.0 Å². The first-order valence-electron chi connectivity index (χ1n) is 15.9. The van der Waals surface area contributed by atoms with Gasteiger partial charge in [-0.3, -0.25) is 4.98 Å². The van der Waals surface area contributed by atoms with Crippen molar-refractivity contribution in [2.24, 2.45) is 0 Å². The van der Waals surface area contributed by atoms with Gasteiger partial charge in [0.25, 0.3) is 0 Å². The van der Waals surface area contributed by atoms with E-state index >= 15 is 0 Å². The summed E-state index contributed by atoms with van der Waals surface area (Å²) in [5, 5.41) is 3.58. The Bertz CT molecular complexity index is 2550. The first-order valence-corrected chi connectivity index (χ1v) is 15.9. The highest BCUT2D eigenvalue weighted by atomic mass is 15.1. The van der Waals surface area contributed by atoms with Crippen LogP contribution in [0.15, 0.2) is 164 Å². The van der Waals surface area contributed by atoms with E-state index in [1.807, 2.05) is 36.5 Å². The van der Waals surface area contributed by atoms with Crippen molar-refractivity contribution < 1.29 is 0 Å². The molecule has 5 nitrogen and oxygen atoms in total. The van der Waals surface area contributed by atoms with Crippen LogP contribution in [0.3, 0.4) is 0 Å². The second kappa shape index (κ2) is 10.9. The Kier molecular flexibility index (Phi) is 6.28. The summed E-state index contributed by atoms with van der Waals surface area (Å²) >= 11 is 0. The molecular weight excluding hydrogens is 574 g/mol. The number of fused-ring (bicyclic) bond motifs is 7. The van der Waals surface area contributed by atoms with E-state index in [0.717, 1.165) is 50.4 Å². The number of hydrogen-bond acceptors (Lipinski definition) is 3. The average molecular weight is 606 g/mol. The maximum absolute atomic E-state index is 6.48. The number of rotatable bonds is 6. The summed E-state index contributed by atoms with van der Waals surface area (Å²) in [6.45, 7) is 0.680. The van der Waals surface area contributed by atoms with Crippen LogP contribution in [-0.2, 0) is 6.54 Å². The van der Waals surface area contributed by atoms with Gasteiger partial charge in [-0.15, -0.1) is 0 Å². The number of para-hydroxylation sites is 5. The van der Waals surface area contributed by atoms with Gasteiger partial charge in [0.15, 0.2) is 0 Å². The molecule has 0 aliphatic rings. The fraction of sp³-hybridized carbons (Fsp3) is 0.0238. The molecule has 9 rings (SSSR count). The van der Waals surface area contributed by atoms with Gasteiger partial charge in [0.1, 0.15) is 0 Å². The van der Waals surface area contributed by atoms with Crippen LogP contribution in [0.5, 0.6) is 0 Å². The van der Waals surface area contributed by atoms with E-state index in [2.05, 4.69) is 141 Å². The average Bonchev–Trinajstić information content (AvgIpc) is 3.65. The molecule has 5 heteroatoms. The minimum absolute atomic E-state index is 0.680. The highest BCUT2D eigenvalue weighted by Crippen LogP contribution is 2.41. The minimum Gasteiger partial charge on any atom is -0.397 e. The molecule has 3 heterocycles. The molecule has 0 radical (unpaired) electrons. The molecule has 0 saturated heterocycles. The molecule has 224 valence electrons. The van der Waals surface area contributed by atoms with E-state index in [0.29, 0.717) is 6.54 Å². The molecule has 0 spiro atoms. The van der Waals surface area contributed by atoms with Gasteiger partial charge in [0.2, 0.25) is 0 Å². The lowest BCUT2D eigenvalue weighted by atomic mass is 10.1. The summed E-state index contributed by atoms with van der Waals surface area (Å²) < 4.78 is 4.78. The molecule has 0 bridgehead atoms. The monoisotopic (exact) mass is 605 g/mol. The molecule has 3 aromatic heterocycles. The van der Waals surface area contributed by atoms with Gasteiger partial charge in [0, 0.05) is 46.0 Å². The number of hydrogen-bond donors (Lipinski definition) is 1. The fourth-order valence-electron chi connectivity index (χ4n) is 7.07. The van der Waals surface area contributed by atoms with Crippen LogP contribution in [0.25, 0.3) is 55.1 Å². The van der Waals surface area contributed by atoms with Crippen LogP contribution in [0.1, 0.15) is 5.56 Å². The van der Waals surface area contributed by atoms with Gasteiger partial charge in [-0.1, -0.05) is 84.9 Å². The lowest BCUT2D eigenvalue weighted by Gasteiger charge is -2.26. The summed E-state index contributed by atoms with van der Waals surface area (Å²) in [5.74, 6) is 0. The predicted octanol–water partition coefficient (Wildman–Crippen LogP) is 10.2. The van der Waals surface area contributed by atoms with Crippen LogP contribution < -0.4 is 10.6 Å². The zero-order chi connectivity index (χ0) is 31.3. The van der Waals surface area contributed by atoms with Crippen LogP contribution in [0.2, 0.25) is 0 Å². The highest BCUT2D eigenvalue weighted by Gasteiger charge is 2.21. The third-order valence-corrected chi connectivity index (χ3v) is 9.16. The molecule has 2 N–H and O–H groups in total. The third kappa shape index (κ3) is 4.36. The summed E-state index contributed by atoms with van der Waals surface area (Å²) in [5.41, 5.74) is 18.3. The van der Waals surface area contributed by atoms with Crippen LogP contribution in [0, 0.1) is 0 Å². The van der Waals surface area contributed by atoms with Gasteiger partial charge in [-0.2, -0.15) is 0 Å². The Morgan fingerprint density at radius 1 is 0.511 bits per heavy atom. The zero-order valence-electron chi connectivity index (χ0n) is 25.7. The molecule has 0 saturated carbocycles. The molecule has 47 heavy (non-hydrogen) atoms. The van der Waals surface area contributed by atoms with Gasteiger partial charge in [-0.05, 0) is 78.4 Å². The van der Waals surface area contributed by atoms with Gasteiger partial charge < -0.3 is 19.8 Å². The molecule has 6 aromatic carbocycles. The molecule has 0 amide bonds. The van der Waals surface area contributed by atoms with Crippen LogP contribution >= 0.6 is 0 Å². The first-order chi connectivity index (χ1) is 23.3. The number of nitrogen functional groups attached to an aromatic ring is 1.